The number of carbonyl (C=O) groups is 3. The van der Waals surface area contributed by atoms with Crippen molar-refractivity contribution in [3.8, 4) is 0 Å². The minimum atomic E-state index is -1.00. The second-order valence-electron chi connectivity index (χ2n) is 6.95. The molecule has 1 aromatic heterocycles. The van der Waals surface area contributed by atoms with E-state index in [0.29, 0.717) is 5.56 Å². The van der Waals surface area contributed by atoms with Crippen LogP contribution in [0.15, 0.2) is 35.4 Å². The quantitative estimate of drug-likeness (QED) is 0.249. The highest BCUT2D eigenvalue weighted by Crippen LogP contribution is 2.50. The number of benzene rings is 1. The van der Waals surface area contributed by atoms with E-state index in [0.717, 1.165) is 0 Å². The number of amides is 1. The van der Waals surface area contributed by atoms with Crippen molar-refractivity contribution in [3.05, 3.63) is 56.9 Å². The van der Waals surface area contributed by atoms with Gasteiger partial charge in [0.2, 0.25) is 5.91 Å². The molecule has 4 rings (SSSR count). The second kappa shape index (κ2) is 8.37. The molecule has 2 unspecified atom stereocenters. The van der Waals surface area contributed by atoms with Gasteiger partial charge in [-0.05, 0) is 28.1 Å². The lowest BCUT2D eigenvalue weighted by atomic mass is 9.90. The van der Waals surface area contributed by atoms with Crippen LogP contribution in [0.1, 0.15) is 24.4 Å². The first-order chi connectivity index (χ1) is 15.3. The van der Waals surface area contributed by atoms with Gasteiger partial charge in [0.1, 0.15) is 23.6 Å². The van der Waals surface area contributed by atoms with Crippen molar-refractivity contribution in [2.45, 2.75) is 25.0 Å². The number of carbonyl (C=O) groups excluding carboxylic acids is 3. The summed E-state index contributed by atoms with van der Waals surface area (Å²) in [5.74, 6) is -2.29. The number of non-ortho nitro benzene ring substituents is 1. The molecule has 1 aromatic carbocycles. The minimum Gasteiger partial charge on any atom is -0.456 e. The number of hydrogen-bond donors (Lipinski definition) is 0. The van der Waals surface area contributed by atoms with Crippen molar-refractivity contribution in [2.24, 2.45) is 13.0 Å². The van der Waals surface area contributed by atoms with Crippen molar-refractivity contribution < 1.29 is 28.8 Å². The van der Waals surface area contributed by atoms with Gasteiger partial charge in [-0.2, -0.15) is 0 Å². The van der Waals surface area contributed by atoms with Crippen molar-refractivity contribution in [1.82, 2.24) is 25.1 Å². The number of aromatic nitrogens is 4. The van der Waals surface area contributed by atoms with Crippen LogP contribution in [0, 0.1) is 16.0 Å². The highest BCUT2D eigenvalue weighted by Gasteiger charge is 2.59. The van der Waals surface area contributed by atoms with Gasteiger partial charge in [-0.15, -0.1) is 16.9 Å². The van der Waals surface area contributed by atoms with Crippen LogP contribution in [0.3, 0.4) is 0 Å². The minimum absolute atomic E-state index is 0.0702. The van der Waals surface area contributed by atoms with Gasteiger partial charge in [-0.1, -0.05) is 0 Å². The standard InChI is InChI=1S/C18H16N6O7S/c1-9(25)31-14(15-19-20-21-22(15)2)13-16(26)23-12(8-32-17(13)23)18(27)30-7-10-3-5-11(6-4-10)24(28)29/h3-6,8,13-14,17H,7H2,1-2H3/t13?,14?,17-/m1/s1. The lowest BCUT2D eigenvalue weighted by Crippen LogP contribution is -2.60. The maximum absolute atomic E-state index is 12.9. The van der Waals surface area contributed by atoms with Crippen LogP contribution in [-0.2, 0) is 37.5 Å². The van der Waals surface area contributed by atoms with Gasteiger partial charge in [0.25, 0.3) is 5.69 Å². The molecule has 3 heterocycles. The summed E-state index contributed by atoms with van der Waals surface area (Å²) in [6.45, 7) is 1.11. The molecule has 0 saturated carbocycles. The summed E-state index contributed by atoms with van der Waals surface area (Å²) in [5, 5.41) is 22.8. The van der Waals surface area contributed by atoms with Crippen LogP contribution in [0.5, 0.6) is 0 Å². The summed E-state index contributed by atoms with van der Waals surface area (Å²) in [6, 6.07) is 5.58. The zero-order valence-electron chi connectivity index (χ0n) is 16.8. The SMILES string of the molecule is CC(=O)OC(c1nnnn1C)C1C(=O)N2C(C(=O)OCc3ccc([N+](=O)[O-])cc3)=CS[C@H]12. The topological polar surface area (TPSA) is 160 Å². The van der Waals surface area contributed by atoms with E-state index < -0.39 is 40.2 Å². The largest absolute Gasteiger partial charge is 0.456 e. The molecule has 1 amide bonds. The molecule has 3 atom stereocenters. The molecule has 0 N–H and O–H groups in total. The van der Waals surface area contributed by atoms with Gasteiger partial charge in [-0.3, -0.25) is 24.6 Å². The predicted molar refractivity (Wildman–Crippen MR) is 106 cm³/mol. The molecule has 0 spiro atoms. The molecule has 2 aliphatic rings. The number of rotatable bonds is 7. The zero-order chi connectivity index (χ0) is 23.0. The molecule has 1 fully saturated rings. The number of thioether (sulfide) groups is 1. The van der Waals surface area contributed by atoms with Gasteiger partial charge >= 0.3 is 11.9 Å². The maximum Gasteiger partial charge on any atom is 0.355 e. The van der Waals surface area contributed by atoms with Gasteiger partial charge in [0, 0.05) is 31.5 Å². The van der Waals surface area contributed by atoms with Crippen LogP contribution in [0.25, 0.3) is 0 Å². The predicted octanol–water partition coefficient (Wildman–Crippen LogP) is 0.839. The number of aryl methyl sites for hydroxylation is 1. The first kappa shape index (κ1) is 21.4. The Morgan fingerprint density at radius 2 is 2.03 bits per heavy atom. The van der Waals surface area contributed by atoms with Crippen molar-refractivity contribution >= 4 is 35.3 Å². The Kier molecular flexibility index (Phi) is 5.61. The van der Waals surface area contributed by atoms with E-state index in [1.54, 1.807) is 7.05 Å². The third kappa shape index (κ3) is 3.79. The number of nitrogens with zero attached hydrogens (tertiary/aromatic N) is 6. The Hall–Kier alpha value is -3.81. The van der Waals surface area contributed by atoms with E-state index in [9.17, 15) is 24.5 Å². The molecule has 14 heteroatoms. The van der Waals surface area contributed by atoms with Crippen LogP contribution < -0.4 is 0 Å². The van der Waals surface area contributed by atoms with E-state index >= 15 is 0 Å². The Bertz CT molecular complexity index is 1130. The summed E-state index contributed by atoms with van der Waals surface area (Å²) < 4.78 is 11.9. The number of nitro benzene ring substituents is 1. The molecule has 0 aliphatic carbocycles. The molecular weight excluding hydrogens is 444 g/mol. The number of fused-ring (bicyclic) bond motifs is 1. The van der Waals surface area contributed by atoms with Gasteiger partial charge in [0.05, 0.1) is 4.92 Å². The highest BCUT2D eigenvalue weighted by atomic mass is 32.2. The lowest BCUT2D eigenvalue weighted by molar-refractivity contribution is -0.384. The second-order valence-corrected chi connectivity index (χ2v) is 7.95. The van der Waals surface area contributed by atoms with E-state index in [4.69, 9.17) is 9.47 Å². The van der Waals surface area contributed by atoms with Crippen molar-refractivity contribution in [3.63, 3.8) is 0 Å². The molecule has 1 saturated heterocycles. The average molecular weight is 460 g/mol. The number of nitro groups is 1. The monoisotopic (exact) mass is 460 g/mol. The Morgan fingerprint density at radius 3 is 2.62 bits per heavy atom. The molecule has 2 aromatic rings. The fraction of sp³-hybridized carbons (Fsp3) is 0.333. The Labute approximate surface area is 184 Å². The molecule has 0 radical (unpaired) electrons. The first-order valence-electron chi connectivity index (χ1n) is 9.26. The number of tetrazole rings is 1. The lowest BCUT2D eigenvalue weighted by Gasteiger charge is -2.44. The maximum atomic E-state index is 12.9. The number of esters is 2. The summed E-state index contributed by atoms with van der Waals surface area (Å²) in [4.78, 5) is 48.5. The fourth-order valence-electron chi connectivity index (χ4n) is 3.38. The zero-order valence-corrected chi connectivity index (χ0v) is 17.6. The molecule has 166 valence electrons. The first-order valence-corrected chi connectivity index (χ1v) is 10.2. The average Bonchev–Trinajstić information content (AvgIpc) is 3.35. The van der Waals surface area contributed by atoms with Gasteiger partial charge in [0.15, 0.2) is 11.9 Å². The molecular formula is C18H16N6O7S. The summed E-state index contributed by atoms with van der Waals surface area (Å²) in [5.41, 5.74) is 0.556. The molecule has 32 heavy (non-hydrogen) atoms. The Morgan fingerprint density at radius 1 is 1.31 bits per heavy atom. The van der Waals surface area contributed by atoms with Gasteiger partial charge < -0.3 is 9.47 Å². The van der Waals surface area contributed by atoms with E-state index in [-0.39, 0.29) is 23.8 Å². The fourth-order valence-corrected chi connectivity index (χ4v) is 4.63. The Balaban J connectivity index is 1.42. The van der Waals surface area contributed by atoms with Gasteiger partial charge in [-0.25, -0.2) is 9.48 Å². The number of ether oxygens (including phenoxy) is 2. The highest BCUT2D eigenvalue weighted by molar-refractivity contribution is 8.03. The normalized spacial score (nSPS) is 20.1. The smallest absolute Gasteiger partial charge is 0.355 e. The van der Waals surface area contributed by atoms with Crippen molar-refractivity contribution in [1.29, 1.82) is 0 Å². The molecule has 2 aliphatic heterocycles. The molecule has 0 bridgehead atoms. The third-order valence-electron chi connectivity index (χ3n) is 4.92. The number of hydrogen-bond acceptors (Lipinski definition) is 11. The number of β-lactam (4-membered cyclic amide) rings is 1. The van der Waals surface area contributed by atoms with Crippen LogP contribution >= 0.6 is 11.8 Å². The van der Waals surface area contributed by atoms with Crippen LogP contribution in [-0.4, -0.2) is 53.3 Å². The molecule has 13 nitrogen and oxygen atoms in total. The summed E-state index contributed by atoms with van der Waals surface area (Å²) >= 11 is 1.22. The van der Waals surface area contributed by atoms with Crippen LogP contribution in [0.2, 0.25) is 0 Å². The van der Waals surface area contributed by atoms with Crippen LogP contribution in [0.4, 0.5) is 5.69 Å². The summed E-state index contributed by atoms with van der Waals surface area (Å²) in [7, 11) is 1.56. The van der Waals surface area contributed by atoms with Crippen molar-refractivity contribution in [2.75, 3.05) is 0 Å². The van der Waals surface area contributed by atoms with E-state index in [1.165, 1.54) is 57.9 Å². The summed E-state index contributed by atoms with van der Waals surface area (Å²) in [6.07, 6.45) is -1.00. The third-order valence-corrected chi connectivity index (χ3v) is 6.06. The van der Waals surface area contributed by atoms with E-state index in [2.05, 4.69) is 15.5 Å². The van der Waals surface area contributed by atoms with E-state index in [1.807, 2.05) is 0 Å².